The fraction of sp³-hybridized carbons (Fsp3) is 0.462. The third kappa shape index (κ3) is 3.82. The minimum Gasteiger partial charge on any atom is -0.356 e. The Balaban J connectivity index is 2.80. The lowest BCUT2D eigenvalue weighted by molar-refractivity contribution is -0.124. The van der Waals surface area contributed by atoms with Gasteiger partial charge >= 0.3 is 0 Å². The number of halogens is 1. The molecule has 0 bridgehead atoms. The number of nitrogens with two attached hydrogens (primary N) is 1. The van der Waals surface area contributed by atoms with Gasteiger partial charge in [-0.05, 0) is 43.5 Å². The second-order valence-corrected chi connectivity index (χ2v) is 4.10. The number of hydrogen-bond donors (Lipinski definition) is 2. The van der Waals surface area contributed by atoms with E-state index in [0.717, 1.165) is 11.1 Å². The van der Waals surface area contributed by atoms with Gasteiger partial charge in [0.25, 0.3) is 0 Å². The number of hydrogen-bond acceptors (Lipinski definition) is 2. The van der Waals surface area contributed by atoms with Crippen molar-refractivity contribution in [2.24, 2.45) is 11.7 Å². The second kappa shape index (κ2) is 6.35. The molecule has 0 aliphatic carbocycles. The molecular weight excluding hydrogens is 219 g/mol. The summed E-state index contributed by atoms with van der Waals surface area (Å²) < 4.78 is 13.1. The van der Waals surface area contributed by atoms with Gasteiger partial charge in [0.05, 0.1) is 5.92 Å². The average Bonchev–Trinajstić information content (AvgIpc) is 2.30. The van der Waals surface area contributed by atoms with Crippen molar-refractivity contribution in [2.45, 2.75) is 20.3 Å². The lowest BCUT2D eigenvalue weighted by Crippen LogP contribution is -2.36. The quantitative estimate of drug-likeness (QED) is 0.814. The largest absolute Gasteiger partial charge is 0.356 e. The van der Waals surface area contributed by atoms with E-state index in [1.54, 1.807) is 6.07 Å². The zero-order valence-corrected chi connectivity index (χ0v) is 10.3. The van der Waals surface area contributed by atoms with Gasteiger partial charge in [-0.3, -0.25) is 4.79 Å². The van der Waals surface area contributed by atoms with Crippen molar-refractivity contribution in [3.8, 4) is 0 Å². The van der Waals surface area contributed by atoms with Crippen LogP contribution in [0.2, 0.25) is 0 Å². The molecule has 0 spiro atoms. The van der Waals surface area contributed by atoms with E-state index in [1.807, 2.05) is 13.8 Å². The van der Waals surface area contributed by atoms with Gasteiger partial charge in [-0.25, -0.2) is 4.39 Å². The van der Waals surface area contributed by atoms with Crippen molar-refractivity contribution in [3.63, 3.8) is 0 Å². The van der Waals surface area contributed by atoms with Crippen molar-refractivity contribution in [2.75, 3.05) is 13.1 Å². The topological polar surface area (TPSA) is 55.1 Å². The molecule has 1 atom stereocenters. The van der Waals surface area contributed by atoms with Gasteiger partial charge < -0.3 is 11.1 Å². The zero-order valence-electron chi connectivity index (χ0n) is 10.3. The van der Waals surface area contributed by atoms with Gasteiger partial charge in [0, 0.05) is 13.1 Å². The van der Waals surface area contributed by atoms with Gasteiger partial charge in [-0.2, -0.15) is 0 Å². The van der Waals surface area contributed by atoms with Gasteiger partial charge in [-0.1, -0.05) is 6.07 Å². The van der Waals surface area contributed by atoms with Crippen LogP contribution >= 0.6 is 0 Å². The smallest absolute Gasteiger partial charge is 0.224 e. The molecule has 1 amide bonds. The van der Waals surface area contributed by atoms with Crippen LogP contribution in [-0.2, 0) is 11.2 Å². The van der Waals surface area contributed by atoms with E-state index in [-0.39, 0.29) is 24.2 Å². The fourth-order valence-electron chi connectivity index (χ4n) is 1.73. The summed E-state index contributed by atoms with van der Waals surface area (Å²) in [5.41, 5.74) is 7.41. The molecule has 0 saturated heterocycles. The van der Waals surface area contributed by atoms with E-state index in [2.05, 4.69) is 5.32 Å². The minimum absolute atomic E-state index is 0.0707. The van der Waals surface area contributed by atoms with Crippen LogP contribution in [0.5, 0.6) is 0 Å². The van der Waals surface area contributed by atoms with Crippen molar-refractivity contribution >= 4 is 5.91 Å². The Bertz CT molecular complexity index is 393. The van der Waals surface area contributed by atoms with Crippen LogP contribution in [0.15, 0.2) is 18.2 Å². The first-order valence-corrected chi connectivity index (χ1v) is 5.81. The Hall–Kier alpha value is -1.42. The molecule has 1 aromatic carbocycles. The Morgan fingerprint density at radius 2 is 2.24 bits per heavy atom. The van der Waals surface area contributed by atoms with Crippen LogP contribution in [0.3, 0.4) is 0 Å². The summed E-state index contributed by atoms with van der Waals surface area (Å²) in [7, 11) is 0. The van der Waals surface area contributed by atoms with Crippen LogP contribution in [0, 0.1) is 18.7 Å². The van der Waals surface area contributed by atoms with Crippen LogP contribution < -0.4 is 11.1 Å². The minimum atomic E-state index is -0.296. The second-order valence-electron chi connectivity index (χ2n) is 4.10. The summed E-state index contributed by atoms with van der Waals surface area (Å²) in [4.78, 5) is 11.7. The standard InChI is InChI=1S/C13H19FN2O/c1-3-16-13(17)11(8-15)6-10-7-12(14)5-4-9(10)2/h4-5,7,11H,3,6,8,15H2,1-2H3,(H,16,17). The average molecular weight is 238 g/mol. The van der Waals surface area contributed by atoms with E-state index in [0.29, 0.717) is 13.0 Å². The number of carbonyl (C=O) groups excluding carboxylic acids is 1. The number of carbonyl (C=O) groups is 1. The highest BCUT2D eigenvalue weighted by Gasteiger charge is 2.17. The molecular formula is C13H19FN2O. The molecule has 1 unspecified atom stereocenters. The normalized spacial score (nSPS) is 12.2. The number of benzene rings is 1. The van der Waals surface area contributed by atoms with Gasteiger partial charge in [0.15, 0.2) is 0 Å². The van der Waals surface area contributed by atoms with Crippen molar-refractivity contribution in [1.82, 2.24) is 5.32 Å². The zero-order chi connectivity index (χ0) is 12.8. The Kier molecular flexibility index (Phi) is 5.10. The van der Waals surface area contributed by atoms with Crippen LogP contribution in [0.1, 0.15) is 18.1 Å². The first-order chi connectivity index (χ1) is 8.08. The first kappa shape index (κ1) is 13.6. The Labute approximate surface area is 101 Å². The molecule has 0 aliphatic heterocycles. The van der Waals surface area contributed by atoms with Crippen molar-refractivity contribution < 1.29 is 9.18 Å². The predicted octanol–water partition coefficient (Wildman–Crippen LogP) is 1.39. The van der Waals surface area contributed by atoms with Gasteiger partial charge in [-0.15, -0.1) is 0 Å². The molecule has 1 aromatic rings. The molecule has 0 aliphatic rings. The maximum absolute atomic E-state index is 13.1. The number of amides is 1. The molecule has 17 heavy (non-hydrogen) atoms. The van der Waals surface area contributed by atoms with Crippen LogP contribution in [-0.4, -0.2) is 19.0 Å². The summed E-state index contributed by atoms with van der Waals surface area (Å²) in [6.07, 6.45) is 0.478. The maximum atomic E-state index is 13.1. The summed E-state index contributed by atoms with van der Waals surface area (Å²) >= 11 is 0. The Morgan fingerprint density at radius 3 is 2.82 bits per heavy atom. The monoisotopic (exact) mass is 238 g/mol. The molecule has 3 N–H and O–H groups in total. The van der Waals surface area contributed by atoms with Crippen LogP contribution in [0.25, 0.3) is 0 Å². The molecule has 1 rings (SSSR count). The van der Waals surface area contributed by atoms with Gasteiger partial charge in [0.1, 0.15) is 5.82 Å². The predicted molar refractivity (Wildman–Crippen MR) is 66.1 cm³/mol. The third-order valence-corrected chi connectivity index (χ3v) is 2.78. The third-order valence-electron chi connectivity index (χ3n) is 2.78. The molecule has 94 valence electrons. The molecule has 0 heterocycles. The van der Waals surface area contributed by atoms with Gasteiger partial charge in [0.2, 0.25) is 5.91 Å². The first-order valence-electron chi connectivity index (χ1n) is 5.81. The van der Waals surface area contributed by atoms with E-state index in [9.17, 15) is 9.18 Å². The lowest BCUT2D eigenvalue weighted by atomic mass is 9.95. The summed E-state index contributed by atoms with van der Waals surface area (Å²) in [6, 6.07) is 4.61. The molecule has 0 fully saturated rings. The van der Waals surface area contributed by atoms with E-state index in [4.69, 9.17) is 5.73 Å². The summed E-state index contributed by atoms with van der Waals surface area (Å²) in [6.45, 7) is 4.61. The van der Waals surface area contributed by atoms with Crippen LogP contribution in [0.4, 0.5) is 4.39 Å². The molecule has 3 nitrogen and oxygen atoms in total. The SMILES string of the molecule is CCNC(=O)C(CN)Cc1cc(F)ccc1C. The van der Waals surface area contributed by atoms with Crippen molar-refractivity contribution in [3.05, 3.63) is 35.1 Å². The van der Waals surface area contributed by atoms with E-state index >= 15 is 0 Å². The number of rotatable bonds is 5. The van der Waals surface area contributed by atoms with E-state index < -0.39 is 0 Å². The molecule has 0 saturated carbocycles. The number of aryl methyl sites for hydroxylation is 1. The maximum Gasteiger partial charge on any atom is 0.224 e. The highest BCUT2D eigenvalue weighted by atomic mass is 19.1. The molecule has 0 radical (unpaired) electrons. The summed E-state index contributed by atoms with van der Waals surface area (Å²) in [5.74, 6) is -0.647. The van der Waals surface area contributed by atoms with Crippen molar-refractivity contribution in [1.29, 1.82) is 0 Å². The lowest BCUT2D eigenvalue weighted by Gasteiger charge is -2.15. The Morgan fingerprint density at radius 1 is 1.53 bits per heavy atom. The molecule has 0 aromatic heterocycles. The molecule has 4 heteroatoms. The summed E-state index contributed by atoms with van der Waals surface area (Å²) in [5, 5.41) is 2.74. The fourth-order valence-corrected chi connectivity index (χ4v) is 1.73. The highest BCUT2D eigenvalue weighted by molar-refractivity contribution is 5.79. The highest BCUT2D eigenvalue weighted by Crippen LogP contribution is 2.15. The van der Waals surface area contributed by atoms with E-state index in [1.165, 1.54) is 12.1 Å². The number of nitrogens with one attached hydrogen (secondary N) is 1.